The number of halogens is 3. The van der Waals surface area contributed by atoms with Gasteiger partial charge in [0.05, 0.1) is 0 Å². The summed E-state index contributed by atoms with van der Waals surface area (Å²) in [5.41, 5.74) is 4.00. The van der Waals surface area contributed by atoms with Crippen LogP contribution >= 0.6 is 11.6 Å². The second-order valence-corrected chi connectivity index (χ2v) is 7.99. The zero-order chi connectivity index (χ0) is 18.4. The summed E-state index contributed by atoms with van der Waals surface area (Å²) in [5.74, 6) is -2.35. The zero-order valence-electron chi connectivity index (χ0n) is 13.4. The Kier molecular flexibility index (Phi) is 4.70. The van der Waals surface area contributed by atoms with Crippen LogP contribution in [0.4, 0.5) is 8.78 Å². The van der Waals surface area contributed by atoms with Gasteiger partial charge in [0, 0.05) is 5.02 Å². The third kappa shape index (κ3) is 3.47. The van der Waals surface area contributed by atoms with Crippen molar-refractivity contribution in [1.82, 2.24) is 0 Å². The number of nitrogens with two attached hydrogens (primary N) is 1. The second kappa shape index (κ2) is 6.52. The van der Waals surface area contributed by atoms with Gasteiger partial charge in [0.1, 0.15) is 11.6 Å². The van der Waals surface area contributed by atoms with Crippen molar-refractivity contribution in [2.24, 2.45) is 5.14 Å². The van der Waals surface area contributed by atoms with Gasteiger partial charge in [-0.05, 0) is 72.2 Å². The van der Waals surface area contributed by atoms with Gasteiger partial charge >= 0.3 is 0 Å². The monoisotopic (exact) mass is 383 g/mol. The van der Waals surface area contributed by atoms with Crippen LogP contribution in [0.1, 0.15) is 36.0 Å². The maximum Gasteiger partial charge on any atom is 0.243 e. The van der Waals surface area contributed by atoms with Crippen molar-refractivity contribution in [1.29, 1.82) is 0 Å². The lowest BCUT2D eigenvalue weighted by atomic mass is 9.96. The Morgan fingerprint density at radius 3 is 2.08 bits per heavy atom. The molecule has 0 bridgehead atoms. The fourth-order valence-electron chi connectivity index (χ4n) is 3.22. The molecule has 1 aliphatic carbocycles. The van der Waals surface area contributed by atoms with Gasteiger partial charge in [0.25, 0.3) is 0 Å². The molecular formula is C18H16ClF2NO2S. The van der Waals surface area contributed by atoms with Gasteiger partial charge in [0.2, 0.25) is 10.0 Å². The van der Waals surface area contributed by atoms with Crippen molar-refractivity contribution in [3.05, 3.63) is 63.7 Å². The number of primary sulfonamides is 1. The smallest absolute Gasteiger partial charge is 0.224 e. The predicted octanol–water partition coefficient (Wildman–Crippen LogP) is 4.67. The van der Waals surface area contributed by atoms with Crippen molar-refractivity contribution in [3.8, 4) is 0 Å². The molecule has 1 aliphatic rings. The average molecular weight is 384 g/mol. The number of allylic oxidation sites excluding steroid dienone is 2. The molecule has 2 aromatic rings. The molecule has 132 valence electrons. The van der Waals surface area contributed by atoms with Gasteiger partial charge < -0.3 is 0 Å². The number of hydrogen-bond acceptors (Lipinski definition) is 2. The molecule has 3 rings (SSSR count). The minimum atomic E-state index is -4.46. The summed E-state index contributed by atoms with van der Waals surface area (Å²) in [6.45, 7) is 1.89. The highest BCUT2D eigenvalue weighted by atomic mass is 35.5. The van der Waals surface area contributed by atoms with Crippen molar-refractivity contribution in [2.75, 3.05) is 0 Å². The first-order valence-corrected chi connectivity index (χ1v) is 9.61. The Labute approximate surface area is 150 Å². The van der Waals surface area contributed by atoms with Crippen molar-refractivity contribution in [3.63, 3.8) is 0 Å². The number of benzene rings is 2. The maximum atomic E-state index is 14.2. The van der Waals surface area contributed by atoms with Gasteiger partial charge in [-0.25, -0.2) is 22.3 Å². The molecule has 0 heterocycles. The van der Waals surface area contributed by atoms with Crippen LogP contribution in [0.2, 0.25) is 5.02 Å². The molecule has 0 saturated carbocycles. The van der Waals surface area contributed by atoms with Crippen molar-refractivity contribution < 1.29 is 17.2 Å². The lowest BCUT2D eigenvalue weighted by Gasteiger charge is -2.12. The largest absolute Gasteiger partial charge is 0.243 e. The topological polar surface area (TPSA) is 60.2 Å². The normalized spacial score (nSPS) is 15.1. The van der Waals surface area contributed by atoms with Crippen LogP contribution in [0.5, 0.6) is 0 Å². The Balaban J connectivity index is 2.15. The molecule has 3 nitrogen and oxygen atoms in total. The number of rotatable bonds is 3. The van der Waals surface area contributed by atoms with E-state index in [2.05, 4.69) is 0 Å². The molecule has 0 spiro atoms. The lowest BCUT2D eigenvalue weighted by Crippen LogP contribution is -2.16. The van der Waals surface area contributed by atoms with Crippen LogP contribution in [-0.4, -0.2) is 8.42 Å². The summed E-state index contributed by atoms with van der Waals surface area (Å²) in [4.78, 5) is -1.10. The Morgan fingerprint density at radius 1 is 1.00 bits per heavy atom. The molecular weight excluding hydrogens is 368 g/mol. The standard InChI is InChI=1S/C18H16ClF2NO2S/c1-10-7-11(5-6-15(10)19)13-3-2-4-14(13)12-8-16(20)18(17(21)9-12)25(22,23)24/h5-9H,2-4H2,1H3,(H2,22,23,24). The van der Waals surface area contributed by atoms with E-state index >= 15 is 0 Å². The fraction of sp³-hybridized carbons (Fsp3) is 0.222. The second-order valence-electron chi connectivity index (χ2n) is 6.09. The quantitative estimate of drug-likeness (QED) is 0.837. The zero-order valence-corrected chi connectivity index (χ0v) is 15.0. The van der Waals surface area contributed by atoms with Crippen LogP contribution in [0.3, 0.4) is 0 Å². The molecule has 2 N–H and O–H groups in total. The first kappa shape index (κ1) is 18.0. The summed E-state index contributed by atoms with van der Waals surface area (Å²) in [6, 6.07) is 7.68. The van der Waals surface area contributed by atoms with Gasteiger partial charge in [-0.3, -0.25) is 0 Å². The van der Waals surface area contributed by atoms with E-state index < -0.39 is 26.6 Å². The molecule has 7 heteroatoms. The van der Waals surface area contributed by atoms with Crippen LogP contribution in [0.25, 0.3) is 11.1 Å². The number of sulfonamides is 1. The average Bonchev–Trinajstić information content (AvgIpc) is 2.97. The third-order valence-corrected chi connectivity index (χ3v) is 5.74. The Morgan fingerprint density at radius 2 is 1.56 bits per heavy atom. The minimum Gasteiger partial charge on any atom is -0.224 e. The molecule has 0 aliphatic heterocycles. The van der Waals surface area contributed by atoms with E-state index in [4.69, 9.17) is 16.7 Å². The van der Waals surface area contributed by atoms with E-state index in [1.54, 1.807) is 6.07 Å². The summed E-state index contributed by atoms with van der Waals surface area (Å²) in [5, 5.41) is 5.53. The highest BCUT2D eigenvalue weighted by Crippen LogP contribution is 2.41. The summed E-state index contributed by atoms with van der Waals surface area (Å²) < 4.78 is 51.0. The summed E-state index contributed by atoms with van der Waals surface area (Å²) in [7, 11) is -4.46. The maximum absolute atomic E-state index is 14.2. The van der Waals surface area contributed by atoms with Gasteiger partial charge in [-0.1, -0.05) is 23.7 Å². The molecule has 0 radical (unpaired) electrons. The SMILES string of the molecule is Cc1cc(C2=C(c3cc(F)c(S(N)(=O)=O)c(F)c3)CCC2)ccc1Cl. The molecule has 0 amide bonds. The van der Waals surface area contributed by atoms with Crippen molar-refractivity contribution >= 4 is 32.8 Å². The Bertz CT molecular complexity index is 977. The summed E-state index contributed by atoms with van der Waals surface area (Å²) in [6.07, 6.45) is 2.29. The first-order chi connectivity index (χ1) is 11.7. The lowest BCUT2D eigenvalue weighted by molar-refractivity contribution is 0.519. The number of aryl methyl sites for hydroxylation is 1. The van der Waals surface area contributed by atoms with Gasteiger partial charge in [-0.15, -0.1) is 0 Å². The van der Waals surface area contributed by atoms with Crippen LogP contribution in [0.15, 0.2) is 35.2 Å². The molecule has 2 aromatic carbocycles. The highest BCUT2D eigenvalue weighted by molar-refractivity contribution is 7.89. The predicted molar refractivity (Wildman–Crippen MR) is 94.6 cm³/mol. The molecule has 0 fully saturated rings. The van der Waals surface area contributed by atoms with E-state index in [1.807, 2.05) is 19.1 Å². The molecule has 25 heavy (non-hydrogen) atoms. The van der Waals surface area contributed by atoms with E-state index in [0.29, 0.717) is 17.0 Å². The van der Waals surface area contributed by atoms with E-state index in [0.717, 1.165) is 47.2 Å². The molecule has 0 aromatic heterocycles. The summed E-state index contributed by atoms with van der Waals surface area (Å²) >= 11 is 6.06. The van der Waals surface area contributed by atoms with Gasteiger partial charge in [0.15, 0.2) is 4.90 Å². The van der Waals surface area contributed by atoms with E-state index in [-0.39, 0.29) is 0 Å². The number of hydrogen-bond donors (Lipinski definition) is 1. The van der Waals surface area contributed by atoms with Crippen LogP contribution in [0, 0.1) is 18.6 Å². The van der Waals surface area contributed by atoms with Crippen molar-refractivity contribution in [2.45, 2.75) is 31.1 Å². The Hall–Kier alpha value is -1.76. The molecule has 0 unspecified atom stereocenters. The highest BCUT2D eigenvalue weighted by Gasteiger charge is 2.24. The van der Waals surface area contributed by atoms with Crippen LogP contribution in [-0.2, 0) is 10.0 Å². The van der Waals surface area contributed by atoms with Crippen LogP contribution < -0.4 is 5.14 Å². The third-order valence-electron chi connectivity index (χ3n) is 4.36. The molecule has 0 atom stereocenters. The fourth-order valence-corrected chi connectivity index (χ4v) is 4.00. The minimum absolute atomic E-state index is 0.336. The first-order valence-electron chi connectivity index (χ1n) is 7.69. The molecule has 0 saturated heterocycles. The van der Waals surface area contributed by atoms with E-state index in [9.17, 15) is 17.2 Å². The van der Waals surface area contributed by atoms with Gasteiger partial charge in [-0.2, -0.15) is 0 Å². The van der Waals surface area contributed by atoms with E-state index in [1.165, 1.54) is 0 Å².